The SMILES string of the molecule is O=C(O)C1(c2cccnc2Cl)CC1(F)F. The van der Waals surface area contributed by atoms with Crippen LogP contribution in [0.15, 0.2) is 18.3 Å². The van der Waals surface area contributed by atoms with E-state index in [1.807, 2.05) is 0 Å². The van der Waals surface area contributed by atoms with Gasteiger partial charge in [-0.15, -0.1) is 0 Å². The molecule has 1 aromatic rings. The highest BCUT2D eigenvalue weighted by Gasteiger charge is 2.78. The molecule has 1 aliphatic carbocycles. The van der Waals surface area contributed by atoms with Crippen molar-refractivity contribution in [3.8, 4) is 0 Å². The highest BCUT2D eigenvalue weighted by molar-refractivity contribution is 6.30. The van der Waals surface area contributed by atoms with Crippen LogP contribution < -0.4 is 0 Å². The second kappa shape index (κ2) is 2.88. The van der Waals surface area contributed by atoms with Crippen LogP contribution in [-0.2, 0) is 10.2 Å². The zero-order valence-corrected chi connectivity index (χ0v) is 8.13. The summed E-state index contributed by atoms with van der Waals surface area (Å²) in [6, 6.07) is 2.66. The fourth-order valence-electron chi connectivity index (χ4n) is 1.63. The molecule has 1 unspecified atom stereocenters. The van der Waals surface area contributed by atoms with Crippen molar-refractivity contribution in [1.29, 1.82) is 0 Å². The number of aromatic nitrogens is 1. The highest BCUT2D eigenvalue weighted by Crippen LogP contribution is 2.62. The van der Waals surface area contributed by atoms with E-state index < -0.39 is 23.7 Å². The van der Waals surface area contributed by atoms with Crippen molar-refractivity contribution in [3.63, 3.8) is 0 Å². The summed E-state index contributed by atoms with van der Waals surface area (Å²) in [5.41, 5.74) is -2.30. The van der Waals surface area contributed by atoms with E-state index in [4.69, 9.17) is 16.7 Å². The predicted octanol–water partition coefficient (Wildman–Crippen LogP) is 2.10. The van der Waals surface area contributed by atoms with Crippen molar-refractivity contribution in [2.75, 3.05) is 0 Å². The lowest BCUT2D eigenvalue weighted by molar-refractivity contribution is -0.142. The normalized spacial score (nSPS) is 27.4. The van der Waals surface area contributed by atoms with Crippen molar-refractivity contribution in [2.24, 2.45) is 0 Å². The van der Waals surface area contributed by atoms with Crippen molar-refractivity contribution in [2.45, 2.75) is 17.8 Å². The van der Waals surface area contributed by atoms with E-state index in [0.717, 1.165) is 0 Å². The second-order valence-corrected chi connectivity index (χ2v) is 3.79. The summed E-state index contributed by atoms with van der Waals surface area (Å²) < 4.78 is 26.2. The Labute approximate surface area is 88.7 Å². The third kappa shape index (κ3) is 1.23. The molecule has 1 aromatic heterocycles. The van der Waals surface area contributed by atoms with E-state index >= 15 is 0 Å². The van der Waals surface area contributed by atoms with Gasteiger partial charge in [0.2, 0.25) is 0 Å². The van der Waals surface area contributed by atoms with Crippen molar-refractivity contribution < 1.29 is 18.7 Å². The lowest BCUT2D eigenvalue weighted by atomic mass is 9.97. The number of hydrogen-bond acceptors (Lipinski definition) is 2. The van der Waals surface area contributed by atoms with Crippen LogP contribution in [0.2, 0.25) is 5.15 Å². The minimum Gasteiger partial charge on any atom is -0.480 e. The molecule has 15 heavy (non-hydrogen) atoms. The van der Waals surface area contributed by atoms with Crippen molar-refractivity contribution >= 4 is 17.6 Å². The van der Waals surface area contributed by atoms with Crippen LogP contribution in [-0.4, -0.2) is 22.0 Å². The molecule has 0 saturated heterocycles. The van der Waals surface area contributed by atoms with Gasteiger partial charge in [0, 0.05) is 18.2 Å². The van der Waals surface area contributed by atoms with Crippen LogP contribution in [0, 0.1) is 0 Å². The molecule has 0 spiro atoms. The standard InChI is InChI=1S/C9H6ClF2NO2/c10-6-5(2-1-3-13-6)8(7(14)15)4-9(8,11)12/h1-3H,4H2,(H,14,15). The Kier molecular flexibility index (Phi) is 1.98. The number of nitrogens with zero attached hydrogens (tertiary/aromatic N) is 1. The summed E-state index contributed by atoms with van der Waals surface area (Å²) in [4.78, 5) is 14.5. The number of hydrogen-bond donors (Lipinski definition) is 1. The van der Waals surface area contributed by atoms with Gasteiger partial charge >= 0.3 is 5.97 Å². The van der Waals surface area contributed by atoms with Gasteiger partial charge in [-0.2, -0.15) is 0 Å². The molecule has 2 rings (SSSR count). The number of pyridine rings is 1. The molecule has 0 amide bonds. The predicted molar refractivity (Wildman–Crippen MR) is 48.1 cm³/mol. The van der Waals surface area contributed by atoms with Crippen molar-refractivity contribution in [3.05, 3.63) is 29.0 Å². The van der Waals surface area contributed by atoms with Crippen LogP contribution in [0.3, 0.4) is 0 Å². The molecule has 1 aliphatic rings. The van der Waals surface area contributed by atoms with Gasteiger partial charge in [0.25, 0.3) is 5.92 Å². The zero-order valence-electron chi connectivity index (χ0n) is 7.38. The maximum Gasteiger partial charge on any atom is 0.320 e. The first-order valence-corrected chi connectivity index (χ1v) is 4.52. The smallest absolute Gasteiger partial charge is 0.320 e. The van der Waals surface area contributed by atoms with E-state index in [1.54, 1.807) is 0 Å². The summed E-state index contributed by atoms with van der Waals surface area (Å²) in [5.74, 6) is -4.81. The molecule has 80 valence electrons. The summed E-state index contributed by atoms with van der Waals surface area (Å²) in [7, 11) is 0. The summed E-state index contributed by atoms with van der Waals surface area (Å²) in [6.07, 6.45) is 0.600. The van der Waals surface area contributed by atoms with Crippen molar-refractivity contribution in [1.82, 2.24) is 4.98 Å². The average Bonchev–Trinajstić information content (AvgIpc) is 2.71. The highest BCUT2D eigenvalue weighted by atomic mass is 35.5. The number of aliphatic carboxylic acids is 1. The molecule has 1 heterocycles. The number of carboxylic acid groups (broad SMARTS) is 1. The molecule has 0 bridgehead atoms. The van der Waals surface area contributed by atoms with Gasteiger partial charge in [-0.1, -0.05) is 17.7 Å². The lowest BCUT2D eigenvalue weighted by Gasteiger charge is -2.12. The summed E-state index contributed by atoms with van der Waals surface area (Å²) in [5, 5.41) is 8.67. The van der Waals surface area contributed by atoms with E-state index in [9.17, 15) is 13.6 Å². The minimum absolute atomic E-state index is 0.121. The molecule has 1 saturated carbocycles. The van der Waals surface area contributed by atoms with Gasteiger partial charge in [-0.25, -0.2) is 13.8 Å². The Hall–Kier alpha value is -1.23. The minimum atomic E-state index is -3.24. The maximum absolute atomic E-state index is 13.1. The van der Waals surface area contributed by atoms with Crippen LogP contribution in [0.25, 0.3) is 0 Å². The molecule has 0 aromatic carbocycles. The first kappa shape index (κ1) is 10.3. The molecule has 0 radical (unpaired) electrons. The average molecular weight is 234 g/mol. The fourth-order valence-corrected chi connectivity index (χ4v) is 1.91. The Bertz CT molecular complexity index is 438. The maximum atomic E-state index is 13.1. The van der Waals surface area contributed by atoms with Gasteiger partial charge in [-0.3, -0.25) is 4.79 Å². The van der Waals surface area contributed by atoms with Gasteiger partial charge in [0.15, 0.2) is 5.41 Å². The quantitative estimate of drug-likeness (QED) is 0.796. The van der Waals surface area contributed by atoms with Crippen LogP contribution in [0.1, 0.15) is 12.0 Å². The summed E-state index contributed by atoms with van der Waals surface area (Å²) in [6.45, 7) is 0. The molecule has 1 N–H and O–H groups in total. The van der Waals surface area contributed by atoms with Crippen LogP contribution in [0.5, 0.6) is 0 Å². The topological polar surface area (TPSA) is 50.2 Å². The molecule has 6 heteroatoms. The lowest BCUT2D eigenvalue weighted by Crippen LogP contribution is -2.27. The first-order valence-electron chi connectivity index (χ1n) is 4.14. The Morgan fingerprint density at radius 3 is 2.60 bits per heavy atom. The third-order valence-electron chi connectivity index (χ3n) is 2.57. The second-order valence-electron chi connectivity index (χ2n) is 3.43. The molecule has 1 atom stereocenters. The molecular weight excluding hydrogens is 228 g/mol. The van der Waals surface area contributed by atoms with Gasteiger partial charge < -0.3 is 5.11 Å². The molecular formula is C9H6ClF2NO2. The number of halogens is 3. The number of carboxylic acids is 1. The zero-order chi connectivity index (χ0) is 11.3. The summed E-state index contributed by atoms with van der Waals surface area (Å²) >= 11 is 5.61. The molecule has 3 nitrogen and oxygen atoms in total. The fraction of sp³-hybridized carbons (Fsp3) is 0.333. The van der Waals surface area contributed by atoms with E-state index in [-0.39, 0.29) is 10.7 Å². The Morgan fingerprint density at radius 1 is 1.60 bits per heavy atom. The van der Waals surface area contributed by atoms with E-state index in [0.29, 0.717) is 0 Å². The molecule has 1 fully saturated rings. The largest absolute Gasteiger partial charge is 0.480 e. The Balaban J connectivity index is 2.55. The van der Waals surface area contributed by atoms with E-state index in [2.05, 4.69) is 4.98 Å². The Morgan fingerprint density at radius 2 is 2.20 bits per heavy atom. The monoisotopic (exact) mass is 233 g/mol. The number of carbonyl (C=O) groups is 1. The van der Waals surface area contributed by atoms with Gasteiger partial charge in [-0.05, 0) is 6.07 Å². The first-order chi connectivity index (χ1) is 6.92. The van der Waals surface area contributed by atoms with Gasteiger partial charge in [0.05, 0.1) is 0 Å². The van der Waals surface area contributed by atoms with Gasteiger partial charge in [0.1, 0.15) is 5.15 Å². The number of alkyl halides is 2. The number of rotatable bonds is 2. The van der Waals surface area contributed by atoms with Crippen LogP contribution >= 0.6 is 11.6 Å². The van der Waals surface area contributed by atoms with Crippen LogP contribution in [0.4, 0.5) is 8.78 Å². The third-order valence-corrected chi connectivity index (χ3v) is 2.87. The molecule has 0 aliphatic heterocycles. The van der Waals surface area contributed by atoms with E-state index in [1.165, 1.54) is 18.3 Å².